The monoisotopic (exact) mass is 364 g/mol. The van der Waals surface area contributed by atoms with Crippen molar-refractivity contribution in [2.45, 2.75) is 32.8 Å². The Labute approximate surface area is 158 Å². The van der Waals surface area contributed by atoms with Crippen molar-refractivity contribution in [3.05, 3.63) is 59.0 Å². The number of para-hydroxylation sites is 1. The van der Waals surface area contributed by atoms with Crippen molar-refractivity contribution in [2.75, 3.05) is 13.1 Å². The predicted octanol–water partition coefficient (Wildman–Crippen LogP) is 2.50. The third-order valence-corrected chi connectivity index (χ3v) is 5.49. The number of rotatable bonds is 4. The summed E-state index contributed by atoms with van der Waals surface area (Å²) in [6.07, 6.45) is 0.910. The molecule has 0 bridgehead atoms. The number of carbonyl (C=O) groups is 1. The Kier molecular flexibility index (Phi) is 4.66. The van der Waals surface area contributed by atoms with Crippen LogP contribution in [-0.2, 0) is 12.8 Å². The summed E-state index contributed by atoms with van der Waals surface area (Å²) in [5.74, 6) is -0.135. The minimum absolute atomic E-state index is 0.0208. The highest BCUT2D eigenvalue weighted by atomic mass is 16.3. The molecule has 0 saturated carbocycles. The van der Waals surface area contributed by atoms with E-state index in [1.807, 2.05) is 44.2 Å². The van der Waals surface area contributed by atoms with Gasteiger partial charge in [0.1, 0.15) is 0 Å². The Hall–Kier alpha value is -2.73. The number of H-pyrrole nitrogens is 1. The van der Waals surface area contributed by atoms with Crippen LogP contribution in [0.3, 0.4) is 0 Å². The number of carbonyl (C=O) groups excluding carboxylic acids is 1. The number of fused-ring (bicyclic) bond motifs is 1. The van der Waals surface area contributed by atoms with Crippen LogP contribution in [0.25, 0.3) is 10.9 Å². The molecule has 0 aliphatic carbocycles. The van der Waals surface area contributed by atoms with Gasteiger partial charge in [-0.25, -0.2) is 0 Å². The zero-order valence-electron chi connectivity index (χ0n) is 15.6. The second-order valence-corrected chi connectivity index (χ2v) is 7.27. The molecule has 140 valence electrons. The Bertz CT molecular complexity index is 981. The highest BCUT2D eigenvalue weighted by Gasteiger charge is 2.36. The van der Waals surface area contributed by atoms with E-state index in [0.29, 0.717) is 25.2 Å². The largest absolute Gasteiger partial charge is 0.391 e. The van der Waals surface area contributed by atoms with Gasteiger partial charge in [-0.3, -0.25) is 14.9 Å². The number of aliphatic hydroxyl groups excluding tert-OH is 1. The van der Waals surface area contributed by atoms with E-state index in [9.17, 15) is 9.90 Å². The van der Waals surface area contributed by atoms with Gasteiger partial charge in [-0.2, -0.15) is 5.10 Å². The molecule has 6 nitrogen and oxygen atoms in total. The molecular weight excluding hydrogens is 340 g/mol. The average Bonchev–Trinajstić information content (AvgIpc) is 3.23. The van der Waals surface area contributed by atoms with E-state index in [1.54, 1.807) is 4.90 Å². The molecule has 2 atom stereocenters. The number of aliphatic hydroxyl groups is 1. The smallest absolute Gasteiger partial charge is 0.274 e. The number of nitrogens with zero attached hydrogens (tertiary/aromatic N) is 3. The lowest BCUT2D eigenvalue weighted by molar-refractivity contribution is 0.0758. The van der Waals surface area contributed by atoms with Gasteiger partial charge in [0.2, 0.25) is 0 Å². The maximum absolute atomic E-state index is 12.8. The lowest BCUT2D eigenvalue weighted by Gasteiger charge is -2.15. The number of benzene rings is 1. The lowest BCUT2D eigenvalue weighted by atomic mass is 9.99. The number of aromatic amines is 1. The normalized spacial score (nSPS) is 19.7. The summed E-state index contributed by atoms with van der Waals surface area (Å²) in [5, 5.41) is 18.7. The number of aromatic nitrogens is 3. The van der Waals surface area contributed by atoms with E-state index >= 15 is 0 Å². The Balaban J connectivity index is 1.48. The first kappa shape index (κ1) is 17.7. The topological polar surface area (TPSA) is 82.1 Å². The van der Waals surface area contributed by atoms with E-state index in [0.717, 1.165) is 34.3 Å². The quantitative estimate of drug-likeness (QED) is 0.745. The van der Waals surface area contributed by atoms with Gasteiger partial charge in [0.15, 0.2) is 5.69 Å². The minimum atomic E-state index is -0.549. The van der Waals surface area contributed by atoms with Crippen LogP contribution >= 0.6 is 0 Å². The Morgan fingerprint density at radius 3 is 2.85 bits per heavy atom. The van der Waals surface area contributed by atoms with E-state index in [-0.39, 0.29) is 11.8 Å². The van der Waals surface area contributed by atoms with E-state index in [1.165, 1.54) is 0 Å². The van der Waals surface area contributed by atoms with Crippen molar-refractivity contribution in [3.63, 3.8) is 0 Å². The fraction of sp³-hybridized carbons (Fsp3) is 0.381. The number of β-amino-alcohol motifs (C(OH)–C–C–N with tert-alkyl or cyclic N) is 1. The maximum atomic E-state index is 12.8. The Morgan fingerprint density at radius 1 is 1.26 bits per heavy atom. The molecule has 1 aliphatic rings. The fourth-order valence-electron chi connectivity index (χ4n) is 3.85. The number of hydrogen-bond acceptors (Lipinski definition) is 4. The first-order valence-corrected chi connectivity index (χ1v) is 9.42. The third-order valence-electron chi connectivity index (χ3n) is 5.49. The van der Waals surface area contributed by atoms with E-state index in [2.05, 4.69) is 16.3 Å². The summed E-state index contributed by atoms with van der Waals surface area (Å²) in [7, 11) is 0. The number of hydrogen-bond donors (Lipinski definition) is 2. The summed E-state index contributed by atoms with van der Waals surface area (Å²) in [6, 6.07) is 12.1. The standard InChI is InChI=1S/C21H24N4O2/c1-3-17-13(2)20(24-23-17)21(27)25-11-15(19(26)12-25)10-16-9-8-14-6-4-5-7-18(14)22-16/h4-9,15,19,26H,3,10-12H2,1-2H3,(H,23,24)/t15-,19-/m1/s1. The third kappa shape index (κ3) is 3.32. The molecule has 0 radical (unpaired) electrons. The first-order chi connectivity index (χ1) is 13.1. The molecule has 1 amide bonds. The van der Waals surface area contributed by atoms with Crippen molar-refractivity contribution in [1.82, 2.24) is 20.1 Å². The molecule has 3 aromatic rings. The van der Waals surface area contributed by atoms with Crippen LogP contribution in [0.1, 0.15) is 34.4 Å². The van der Waals surface area contributed by atoms with Gasteiger partial charge in [-0.15, -0.1) is 0 Å². The van der Waals surface area contributed by atoms with Crippen LogP contribution in [0.5, 0.6) is 0 Å². The molecule has 1 fully saturated rings. The summed E-state index contributed by atoms with van der Waals surface area (Å²) in [5.41, 5.74) is 4.24. The zero-order chi connectivity index (χ0) is 19.0. The van der Waals surface area contributed by atoms with Crippen molar-refractivity contribution in [2.24, 2.45) is 5.92 Å². The molecular formula is C21H24N4O2. The van der Waals surface area contributed by atoms with Crippen molar-refractivity contribution >= 4 is 16.8 Å². The molecule has 3 heterocycles. The predicted molar refractivity (Wildman–Crippen MR) is 104 cm³/mol. The highest BCUT2D eigenvalue weighted by molar-refractivity contribution is 5.94. The minimum Gasteiger partial charge on any atom is -0.391 e. The van der Waals surface area contributed by atoms with Crippen LogP contribution < -0.4 is 0 Å². The van der Waals surface area contributed by atoms with Gasteiger partial charge < -0.3 is 10.0 Å². The van der Waals surface area contributed by atoms with Crippen LogP contribution in [0.2, 0.25) is 0 Å². The van der Waals surface area contributed by atoms with Crippen LogP contribution in [-0.4, -0.2) is 50.3 Å². The number of amides is 1. The van der Waals surface area contributed by atoms with Gasteiger partial charge >= 0.3 is 0 Å². The van der Waals surface area contributed by atoms with Gasteiger partial charge in [-0.05, 0) is 31.9 Å². The van der Waals surface area contributed by atoms with Crippen LogP contribution in [0, 0.1) is 12.8 Å². The number of pyridine rings is 1. The van der Waals surface area contributed by atoms with Crippen molar-refractivity contribution < 1.29 is 9.90 Å². The summed E-state index contributed by atoms with van der Waals surface area (Å²) in [4.78, 5) is 19.2. The second kappa shape index (κ2) is 7.12. The number of nitrogens with one attached hydrogen (secondary N) is 1. The van der Waals surface area contributed by atoms with Crippen LogP contribution in [0.15, 0.2) is 36.4 Å². The number of likely N-dealkylation sites (tertiary alicyclic amines) is 1. The van der Waals surface area contributed by atoms with Gasteiger partial charge in [0.05, 0.1) is 11.6 Å². The molecule has 2 aromatic heterocycles. The van der Waals surface area contributed by atoms with E-state index in [4.69, 9.17) is 4.98 Å². The summed E-state index contributed by atoms with van der Waals surface area (Å²) in [6.45, 7) is 4.80. The molecule has 2 N–H and O–H groups in total. The zero-order valence-corrected chi connectivity index (χ0v) is 15.6. The summed E-state index contributed by atoms with van der Waals surface area (Å²) >= 11 is 0. The van der Waals surface area contributed by atoms with Crippen LogP contribution in [0.4, 0.5) is 0 Å². The molecule has 1 aliphatic heterocycles. The van der Waals surface area contributed by atoms with E-state index < -0.39 is 6.10 Å². The lowest BCUT2D eigenvalue weighted by Crippen LogP contribution is -2.30. The van der Waals surface area contributed by atoms with Gasteiger partial charge in [0.25, 0.3) is 5.91 Å². The van der Waals surface area contributed by atoms with Crippen molar-refractivity contribution in [1.29, 1.82) is 0 Å². The average molecular weight is 364 g/mol. The highest BCUT2D eigenvalue weighted by Crippen LogP contribution is 2.24. The maximum Gasteiger partial charge on any atom is 0.274 e. The molecule has 0 unspecified atom stereocenters. The molecule has 1 saturated heterocycles. The second-order valence-electron chi connectivity index (χ2n) is 7.27. The molecule has 6 heteroatoms. The van der Waals surface area contributed by atoms with Gasteiger partial charge in [-0.1, -0.05) is 31.2 Å². The Morgan fingerprint density at radius 2 is 2.07 bits per heavy atom. The molecule has 0 spiro atoms. The fourth-order valence-corrected chi connectivity index (χ4v) is 3.85. The van der Waals surface area contributed by atoms with Gasteiger partial charge in [0, 0.05) is 41.3 Å². The number of aryl methyl sites for hydroxylation is 1. The molecule has 1 aromatic carbocycles. The first-order valence-electron chi connectivity index (χ1n) is 9.42. The molecule has 27 heavy (non-hydrogen) atoms. The SMILES string of the molecule is CCc1[nH]nc(C(=O)N2C[C@@H](Cc3ccc4ccccc4n3)[C@H](O)C2)c1C. The van der Waals surface area contributed by atoms with Crippen molar-refractivity contribution in [3.8, 4) is 0 Å². The summed E-state index contributed by atoms with van der Waals surface area (Å²) < 4.78 is 0. The molecule has 4 rings (SSSR count).